The minimum atomic E-state index is -4.13. The van der Waals surface area contributed by atoms with Crippen molar-refractivity contribution in [2.45, 2.75) is 38.1 Å². The molecule has 0 radical (unpaired) electrons. The summed E-state index contributed by atoms with van der Waals surface area (Å²) >= 11 is 0. The van der Waals surface area contributed by atoms with Crippen molar-refractivity contribution in [3.05, 3.63) is 77.4 Å². The second-order valence-corrected chi connectivity index (χ2v) is 10.5. The van der Waals surface area contributed by atoms with Crippen molar-refractivity contribution in [3.63, 3.8) is 0 Å². The quantitative estimate of drug-likeness (QED) is 0.386. The Morgan fingerprint density at radius 2 is 1.54 bits per heavy atom. The van der Waals surface area contributed by atoms with Crippen LogP contribution in [0.2, 0.25) is 0 Å². The number of ether oxygens (including phenoxy) is 3. The summed E-state index contributed by atoms with van der Waals surface area (Å²) in [6, 6.07) is 16.7. The number of amides is 1. The number of benzene rings is 3. The zero-order valence-electron chi connectivity index (χ0n) is 22.1. The van der Waals surface area contributed by atoms with Crippen molar-refractivity contribution in [1.29, 1.82) is 0 Å². The fraction of sp³-hybridized carbons (Fsp3) is 0.321. The molecule has 1 N–H and O–H groups in total. The fourth-order valence-corrected chi connectivity index (χ4v) is 5.46. The molecule has 198 valence electrons. The van der Waals surface area contributed by atoms with E-state index in [1.165, 1.54) is 26.4 Å². The van der Waals surface area contributed by atoms with Gasteiger partial charge >= 0.3 is 0 Å². The van der Waals surface area contributed by atoms with E-state index in [4.69, 9.17) is 14.2 Å². The number of aryl methyl sites for hydroxylation is 2. The van der Waals surface area contributed by atoms with Crippen molar-refractivity contribution in [2.24, 2.45) is 0 Å². The second-order valence-electron chi connectivity index (χ2n) is 8.62. The molecule has 1 unspecified atom stereocenters. The summed E-state index contributed by atoms with van der Waals surface area (Å²) in [7, 11) is 0.414. The third-order valence-corrected chi connectivity index (χ3v) is 7.89. The summed E-state index contributed by atoms with van der Waals surface area (Å²) < 4.78 is 44.8. The first-order valence-electron chi connectivity index (χ1n) is 11.9. The number of hydrogen-bond acceptors (Lipinski definition) is 6. The van der Waals surface area contributed by atoms with Crippen LogP contribution < -0.4 is 23.8 Å². The van der Waals surface area contributed by atoms with Crippen LogP contribution in [0.4, 0.5) is 5.69 Å². The minimum absolute atomic E-state index is 0.0635. The highest BCUT2D eigenvalue weighted by molar-refractivity contribution is 7.92. The predicted molar refractivity (Wildman–Crippen MR) is 144 cm³/mol. The molecular weight excluding hydrogens is 492 g/mol. The van der Waals surface area contributed by atoms with E-state index >= 15 is 0 Å². The van der Waals surface area contributed by atoms with Gasteiger partial charge in [0, 0.05) is 6.07 Å². The smallest absolute Gasteiger partial charge is 0.264 e. The Morgan fingerprint density at radius 1 is 0.892 bits per heavy atom. The van der Waals surface area contributed by atoms with Gasteiger partial charge in [0.2, 0.25) is 5.91 Å². The third-order valence-electron chi connectivity index (χ3n) is 6.12. The van der Waals surface area contributed by atoms with Gasteiger partial charge in [0.05, 0.1) is 38.0 Å². The molecule has 3 rings (SSSR count). The molecule has 3 aromatic rings. The SMILES string of the molecule is CCC(NC(=O)CN(c1cc(OC)ccc1OC)S(=O)(=O)c1ccc(C)cc1)c1ccc(OC)c(C)c1. The number of carbonyl (C=O) groups excluding carboxylic acids is 1. The van der Waals surface area contributed by atoms with Crippen molar-refractivity contribution in [2.75, 3.05) is 32.2 Å². The average molecular weight is 527 g/mol. The Morgan fingerprint density at radius 3 is 2.11 bits per heavy atom. The van der Waals surface area contributed by atoms with Gasteiger partial charge in [-0.05, 0) is 61.7 Å². The van der Waals surface area contributed by atoms with Crippen LogP contribution in [0.3, 0.4) is 0 Å². The topological polar surface area (TPSA) is 94.2 Å². The van der Waals surface area contributed by atoms with Crippen LogP contribution >= 0.6 is 0 Å². The van der Waals surface area contributed by atoms with Crippen molar-refractivity contribution in [1.82, 2.24) is 5.32 Å². The number of nitrogens with one attached hydrogen (secondary N) is 1. The summed E-state index contributed by atoms with van der Waals surface area (Å²) in [6.45, 7) is 5.31. The monoisotopic (exact) mass is 526 g/mol. The molecule has 0 aliphatic rings. The summed E-state index contributed by atoms with van der Waals surface area (Å²) in [5.74, 6) is 1.02. The number of nitrogens with zero attached hydrogens (tertiary/aromatic N) is 1. The van der Waals surface area contributed by atoms with E-state index in [9.17, 15) is 13.2 Å². The first-order chi connectivity index (χ1) is 17.6. The maximum absolute atomic E-state index is 13.8. The van der Waals surface area contributed by atoms with E-state index in [1.807, 2.05) is 39.0 Å². The van der Waals surface area contributed by atoms with E-state index in [2.05, 4.69) is 5.32 Å². The standard InChI is InChI=1S/C28H34N2O6S/c1-7-24(21-10-14-26(35-5)20(3)16-21)29-28(31)18-30(25-17-22(34-4)11-15-27(25)36-6)37(32,33)23-12-8-19(2)9-13-23/h8-17,24H,7,18H2,1-6H3,(H,29,31). The van der Waals surface area contributed by atoms with Gasteiger partial charge < -0.3 is 19.5 Å². The molecule has 0 heterocycles. The normalized spacial score (nSPS) is 11.9. The Hall–Kier alpha value is -3.72. The van der Waals surface area contributed by atoms with Gasteiger partial charge in [0.15, 0.2) is 0 Å². The molecule has 0 aromatic heterocycles. The summed E-state index contributed by atoms with van der Waals surface area (Å²) in [4.78, 5) is 13.4. The number of methoxy groups -OCH3 is 3. The van der Waals surface area contributed by atoms with Gasteiger partial charge in [-0.15, -0.1) is 0 Å². The van der Waals surface area contributed by atoms with Crippen LogP contribution in [-0.4, -0.2) is 42.2 Å². The molecule has 0 saturated carbocycles. The van der Waals surface area contributed by atoms with Crippen LogP contribution in [0.25, 0.3) is 0 Å². The molecule has 37 heavy (non-hydrogen) atoms. The van der Waals surface area contributed by atoms with Gasteiger partial charge in [0.25, 0.3) is 10.0 Å². The first kappa shape index (κ1) is 27.9. The predicted octanol–water partition coefficient (Wildman–Crippen LogP) is 4.79. The molecule has 0 aliphatic heterocycles. The van der Waals surface area contributed by atoms with E-state index in [-0.39, 0.29) is 16.6 Å². The summed E-state index contributed by atoms with van der Waals surface area (Å²) in [5, 5.41) is 2.99. The highest BCUT2D eigenvalue weighted by Gasteiger charge is 2.30. The average Bonchev–Trinajstić information content (AvgIpc) is 2.90. The van der Waals surface area contributed by atoms with Crippen molar-refractivity contribution < 1.29 is 27.4 Å². The lowest BCUT2D eigenvalue weighted by Gasteiger charge is -2.27. The highest BCUT2D eigenvalue weighted by atomic mass is 32.2. The summed E-state index contributed by atoms with van der Waals surface area (Å²) in [5.41, 5.74) is 2.96. The van der Waals surface area contributed by atoms with Gasteiger partial charge in [-0.1, -0.05) is 36.8 Å². The Kier molecular flexibility index (Phi) is 9.04. The fourth-order valence-electron chi connectivity index (χ4n) is 4.04. The zero-order valence-corrected chi connectivity index (χ0v) is 22.9. The Balaban J connectivity index is 2.00. The lowest BCUT2D eigenvalue weighted by molar-refractivity contribution is -0.120. The molecule has 9 heteroatoms. The maximum atomic E-state index is 13.8. The molecule has 0 spiro atoms. The van der Waals surface area contributed by atoms with Gasteiger partial charge in [-0.25, -0.2) is 8.42 Å². The largest absolute Gasteiger partial charge is 0.497 e. The van der Waals surface area contributed by atoms with E-state index in [0.29, 0.717) is 17.9 Å². The number of hydrogen-bond donors (Lipinski definition) is 1. The van der Waals surface area contributed by atoms with Gasteiger partial charge in [0.1, 0.15) is 23.8 Å². The van der Waals surface area contributed by atoms with Gasteiger partial charge in [-0.2, -0.15) is 0 Å². The van der Waals surface area contributed by atoms with Crippen molar-refractivity contribution in [3.8, 4) is 17.2 Å². The number of carbonyl (C=O) groups is 1. The molecular formula is C28H34N2O6S. The molecule has 0 aliphatic carbocycles. The van der Waals surface area contributed by atoms with Crippen LogP contribution in [0.5, 0.6) is 17.2 Å². The maximum Gasteiger partial charge on any atom is 0.264 e. The molecule has 0 fully saturated rings. The van der Waals surface area contributed by atoms with Crippen LogP contribution in [0, 0.1) is 13.8 Å². The molecule has 1 atom stereocenters. The first-order valence-corrected chi connectivity index (χ1v) is 13.3. The van der Waals surface area contributed by atoms with Crippen LogP contribution in [0.15, 0.2) is 65.6 Å². The van der Waals surface area contributed by atoms with E-state index in [1.54, 1.807) is 37.4 Å². The van der Waals surface area contributed by atoms with Crippen LogP contribution in [0.1, 0.15) is 36.1 Å². The molecule has 0 bridgehead atoms. The lowest BCUT2D eigenvalue weighted by atomic mass is 10.0. The third kappa shape index (κ3) is 6.35. The molecule has 3 aromatic carbocycles. The van der Waals surface area contributed by atoms with Crippen molar-refractivity contribution >= 4 is 21.6 Å². The summed E-state index contributed by atoms with van der Waals surface area (Å²) in [6.07, 6.45) is 0.616. The number of rotatable bonds is 11. The van der Waals surface area contributed by atoms with E-state index < -0.39 is 22.5 Å². The number of anilines is 1. The van der Waals surface area contributed by atoms with E-state index in [0.717, 1.165) is 26.7 Å². The highest BCUT2D eigenvalue weighted by Crippen LogP contribution is 2.36. The zero-order chi connectivity index (χ0) is 27.2. The second kappa shape index (κ2) is 12.0. The lowest BCUT2D eigenvalue weighted by Crippen LogP contribution is -2.42. The van der Waals surface area contributed by atoms with Crippen LogP contribution in [-0.2, 0) is 14.8 Å². The molecule has 1 amide bonds. The molecule has 8 nitrogen and oxygen atoms in total. The Bertz CT molecular complexity index is 1340. The minimum Gasteiger partial charge on any atom is -0.497 e. The molecule has 0 saturated heterocycles. The number of sulfonamides is 1. The Labute approximate surface area is 219 Å². The van der Waals surface area contributed by atoms with Gasteiger partial charge in [-0.3, -0.25) is 9.10 Å².